The SMILES string of the molecule is Cc1c(-c2ccc(N3CCCC3=O)cc2)cccc1N1CCN(c2cccc(C(N)=O)c2)C1=O. The van der Waals surface area contributed by atoms with Gasteiger partial charge in [0.05, 0.1) is 0 Å². The normalized spacial score (nSPS) is 16.0. The molecule has 0 bridgehead atoms. The van der Waals surface area contributed by atoms with E-state index in [1.807, 2.05) is 60.4 Å². The molecule has 2 heterocycles. The van der Waals surface area contributed by atoms with Crippen LogP contribution in [0, 0.1) is 6.92 Å². The Morgan fingerprint density at radius 2 is 1.56 bits per heavy atom. The van der Waals surface area contributed by atoms with Crippen molar-refractivity contribution in [2.24, 2.45) is 5.73 Å². The van der Waals surface area contributed by atoms with Crippen molar-refractivity contribution >= 4 is 34.9 Å². The second-order valence-corrected chi connectivity index (χ2v) is 8.65. The molecule has 34 heavy (non-hydrogen) atoms. The lowest BCUT2D eigenvalue weighted by Gasteiger charge is -2.22. The van der Waals surface area contributed by atoms with E-state index in [4.69, 9.17) is 5.73 Å². The van der Waals surface area contributed by atoms with Gasteiger partial charge >= 0.3 is 6.03 Å². The number of rotatable bonds is 5. The molecule has 3 aromatic carbocycles. The Balaban J connectivity index is 1.41. The Morgan fingerprint density at radius 1 is 0.824 bits per heavy atom. The quantitative estimate of drug-likeness (QED) is 0.622. The lowest BCUT2D eigenvalue weighted by Crippen LogP contribution is -2.32. The van der Waals surface area contributed by atoms with Crippen molar-refractivity contribution < 1.29 is 14.4 Å². The molecule has 2 aliphatic rings. The van der Waals surface area contributed by atoms with Gasteiger partial charge in [0.15, 0.2) is 0 Å². The average molecular weight is 455 g/mol. The van der Waals surface area contributed by atoms with Gasteiger partial charge in [-0.1, -0.05) is 30.3 Å². The fourth-order valence-corrected chi connectivity index (χ4v) is 4.80. The van der Waals surface area contributed by atoms with E-state index in [0.717, 1.165) is 41.0 Å². The third kappa shape index (κ3) is 3.79. The average Bonchev–Trinajstić information content (AvgIpc) is 3.45. The molecule has 3 aromatic rings. The maximum Gasteiger partial charge on any atom is 0.329 e. The molecule has 5 rings (SSSR count). The Kier molecular flexibility index (Phi) is 5.53. The van der Waals surface area contributed by atoms with Crippen LogP contribution in [0.5, 0.6) is 0 Å². The maximum atomic E-state index is 13.3. The fraction of sp³-hybridized carbons (Fsp3) is 0.222. The summed E-state index contributed by atoms with van der Waals surface area (Å²) >= 11 is 0. The number of carbonyl (C=O) groups is 3. The highest BCUT2D eigenvalue weighted by Gasteiger charge is 2.32. The molecule has 0 atom stereocenters. The van der Waals surface area contributed by atoms with Crippen LogP contribution in [0.15, 0.2) is 66.7 Å². The van der Waals surface area contributed by atoms with Gasteiger partial charge in [-0.25, -0.2) is 4.79 Å². The smallest absolute Gasteiger partial charge is 0.329 e. The van der Waals surface area contributed by atoms with Gasteiger partial charge in [-0.2, -0.15) is 0 Å². The van der Waals surface area contributed by atoms with E-state index < -0.39 is 5.91 Å². The zero-order chi connectivity index (χ0) is 23.8. The van der Waals surface area contributed by atoms with Crippen LogP contribution < -0.4 is 20.4 Å². The third-order valence-corrected chi connectivity index (χ3v) is 6.61. The molecule has 7 heteroatoms. The van der Waals surface area contributed by atoms with Gasteiger partial charge in [-0.3, -0.25) is 19.4 Å². The molecule has 172 valence electrons. The van der Waals surface area contributed by atoms with Crippen LogP contribution in [0.4, 0.5) is 21.9 Å². The van der Waals surface area contributed by atoms with Crippen molar-refractivity contribution in [3.05, 3.63) is 77.9 Å². The minimum absolute atomic E-state index is 0.134. The van der Waals surface area contributed by atoms with E-state index in [0.29, 0.717) is 30.8 Å². The topological polar surface area (TPSA) is 86.9 Å². The molecule has 0 radical (unpaired) electrons. The van der Waals surface area contributed by atoms with E-state index in [1.165, 1.54) is 0 Å². The highest BCUT2D eigenvalue weighted by Crippen LogP contribution is 2.34. The number of amides is 4. The van der Waals surface area contributed by atoms with Gasteiger partial charge in [0.25, 0.3) is 0 Å². The molecule has 2 fully saturated rings. The van der Waals surface area contributed by atoms with Crippen LogP contribution >= 0.6 is 0 Å². The molecule has 0 saturated carbocycles. The lowest BCUT2D eigenvalue weighted by atomic mass is 9.98. The van der Waals surface area contributed by atoms with Crippen LogP contribution in [0.1, 0.15) is 28.8 Å². The summed E-state index contributed by atoms with van der Waals surface area (Å²) < 4.78 is 0. The van der Waals surface area contributed by atoms with Gasteiger partial charge < -0.3 is 10.6 Å². The van der Waals surface area contributed by atoms with Gasteiger partial charge in [0, 0.05) is 48.7 Å². The summed E-state index contributed by atoms with van der Waals surface area (Å²) in [5.74, 6) is -0.349. The number of urea groups is 1. The number of hydrogen-bond donors (Lipinski definition) is 1. The van der Waals surface area contributed by atoms with E-state index in [9.17, 15) is 14.4 Å². The van der Waals surface area contributed by atoms with Gasteiger partial charge in [-0.15, -0.1) is 0 Å². The van der Waals surface area contributed by atoms with Crippen molar-refractivity contribution in [3.8, 4) is 11.1 Å². The molecular formula is C27H26N4O3. The molecule has 0 unspecified atom stereocenters. The summed E-state index contributed by atoms with van der Waals surface area (Å²) in [6, 6.07) is 20.7. The molecule has 0 aliphatic carbocycles. The van der Waals surface area contributed by atoms with Gasteiger partial charge in [-0.05, 0) is 66.4 Å². The third-order valence-electron chi connectivity index (χ3n) is 6.61. The number of nitrogens with zero attached hydrogens (tertiary/aromatic N) is 3. The summed E-state index contributed by atoms with van der Waals surface area (Å²) in [5, 5.41) is 0. The van der Waals surface area contributed by atoms with Crippen LogP contribution in [-0.4, -0.2) is 37.5 Å². The van der Waals surface area contributed by atoms with E-state index in [2.05, 4.69) is 0 Å². The van der Waals surface area contributed by atoms with Crippen molar-refractivity contribution in [2.75, 3.05) is 34.3 Å². The first-order valence-electron chi connectivity index (χ1n) is 11.4. The minimum Gasteiger partial charge on any atom is -0.366 e. The van der Waals surface area contributed by atoms with E-state index in [1.54, 1.807) is 28.0 Å². The molecule has 0 spiro atoms. The molecule has 2 N–H and O–H groups in total. The maximum absolute atomic E-state index is 13.3. The second kappa shape index (κ2) is 8.67. The molecule has 7 nitrogen and oxygen atoms in total. The lowest BCUT2D eigenvalue weighted by molar-refractivity contribution is -0.117. The number of benzene rings is 3. The number of anilines is 3. The summed E-state index contributed by atoms with van der Waals surface area (Å²) in [7, 11) is 0. The van der Waals surface area contributed by atoms with Crippen LogP contribution in [0.3, 0.4) is 0 Å². The van der Waals surface area contributed by atoms with Gasteiger partial charge in [0.2, 0.25) is 11.8 Å². The predicted octanol–water partition coefficient (Wildman–Crippen LogP) is 4.33. The van der Waals surface area contributed by atoms with Crippen molar-refractivity contribution in [1.82, 2.24) is 0 Å². The minimum atomic E-state index is -0.519. The highest BCUT2D eigenvalue weighted by molar-refractivity contribution is 6.07. The molecule has 2 saturated heterocycles. The van der Waals surface area contributed by atoms with E-state index in [-0.39, 0.29) is 11.9 Å². The standard InChI is InChI=1S/C27H26N4O3/c1-18-23(19-10-12-21(13-11-19)29-14-4-9-25(29)32)7-3-8-24(18)31-16-15-30(27(31)34)22-6-2-5-20(17-22)26(28)33/h2-3,5-8,10-13,17H,4,9,14-16H2,1H3,(H2,28,33). The fourth-order valence-electron chi connectivity index (χ4n) is 4.80. The summed E-state index contributed by atoms with van der Waals surface area (Å²) in [6.07, 6.45) is 1.51. The largest absolute Gasteiger partial charge is 0.366 e. The van der Waals surface area contributed by atoms with Crippen LogP contribution in [-0.2, 0) is 4.79 Å². The van der Waals surface area contributed by atoms with Crippen LogP contribution in [0.2, 0.25) is 0 Å². The molecule has 4 amide bonds. The Bertz CT molecular complexity index is 1290. The predicted molar refractivity (Wildman–Crippen MR) is 133 cm³/mol. The van der Waals surface area contributed by atoms with Gasteiger partial charge in [0.1, 0.15) is 0 Å². The first-order valence-corrected chi connectivity index (χ1v) is 11.4. The van der Waals surface area contributed by atoms with Crippen molar-refractivity contribution in [3.63, 3.8) is 0 Å². The summed E-state index contributed by atoms with van der Waals surface area (Å²) in [5.41, 5.74) is 11.3. The summed E-state index contributed by atoms with van der Waals surface area (Å²) in [6.45, 7) is 3.85. The zero-order valence-electron chi connectivity index (χ0n) is 19.0. The number of carbonyl (C=O) groups excluding carboxylic acids is 3. The Labute approximate surface area is 198 Å². The second-order valence-electron chi connectivity index (χ2n) is 8.65. The number of primary amides is 1. The Morgan fingerprint density at radius 3 is 2.26 bits per heavy atom. The zero-order valence-corrected chi connectivity index (χ0v) is 19.0. The first-order chi connectivity index (χ1) is 16.4. The summed E-state index contributed by atoms with van der Waals surface area (Å²) in [4.78, 5) is 42.2. The monoisotopic (exact) mass is 454 g/mol. The molecular weight excluding hydrogens is 428 g/mol. The molecule has 2 aliphatic heterocycles. The van der Waals surface area contributed by atoms with E-state index >= 15 is 0 Å². The number of hydrogen-bond acceptors (Lipinski definition) is 3. The van der Waals surface area contributed by atoms with Crippen molar-refractivity contribution in [1.29, 1.82) is 0 Å². The van der Waals surface area contributed by atoms with Crippen LogP contribution in [0.25, 0.3) is 11.1 Å². The Hall–Kier alpha value is -4.13. The number of nitrogens with two attached hydrogens (primary N) is 1. The van der Waals surface area contributed by atoms with Crippen molar-refractivity contribution in [2.45, 2.75) is 19.8 Å². The molecule has 0 aromatic heterocycles. The highest BCUT2D eigenvalue weighted by atomic mass is 16.2. The first kappa shape index (κ1) is 21.7.